The molecule has 0 atom stereocenters. The first-order valence-corrected chi connectivity index (χ1v) is 10.2. The van der Waals surface area contributed by atoms with Crippen molar-refractivity contribution in [1.29, 1.82) is 0 Å². The number of carbonyl (C=O) groups excluding carboxylic acids is 1. The van der Waals surface area contributed by atoms with Crippen LogP contribution in [0.15, 0.2) is 48.5 Å². The Morgan fingerprint density at radius 1 is 1.07 bits per heavy atom. The lowest BCUT2D eigenvalue weighted by atomic mass is 10.1. The summed E-state index contributed by atoms with van der Waals surface area (Å²) in [5, 5.41) is 3.44. The molecule has 1 aromatic heterocycles. The topological polar surface area (TPSA) is 67.3 Å². The van der Waals surface area contributed by atoms with Crippen LogP contribution < -0.4 is 10.2 Å². The quantitative estimate of drug-likeness (QED) is 0.527. The molecule has 158 valence electrons. The molecule has 0 saturated carbocycles. The fourth-order valence-corrected chi connectivity index (χ4v) is 3.46. The molecule has 1 N–H and O–H groups in total. The van der Waals surface area contributed by atoms with E-state index in [0.29, 0.717) is 42.8 Å². The number of benzene rings is 2. The van der Waals surface area contributed by atoms with E-state index in [2.05, 4.69) is 14.7 Å². The summed E-state index contributed by atoms with van der Waals surface area (Å²) in [5.74, 6) is -0.179. The highest BCUT2D eigenvalue weighted by atomic mass is 32.1. The van der Waals surface area contributed by atoms with Gasteiger partial charge in [0.05, 0.1) is 6.61 Å². The van der Waals surface area contributed by atoms with Gasteiger partial charge in [-0.15, -0.1) is 0 Å². The lowest BCUT2D eigenvalue weighted by Crippen LogP contribution is -2.30. The van der Waals surface area contributed by atoms with Crippen molar-refractivity contribution >= 4 is 28.3 Å². The van der Waals surface area contributed by atoms with Gasteiger partial charge in [-0.2, -0.15) is 4.37 Å². The summed E-state index contributed by atoms with van der Waals surface area (Å²) in [4.78, 5) is 18.8. The molecule has 0 unspecified atom stereocenters. The van der Waals surface area contributed by atoms with E-state index in [9.17, 15) is 13.6 Å². The number of rotatable bonds is 10. The first kappa shape index (κ1) is 21.8. The van der Waals surface area contributed by atoms with Crippen LogP contribution in [0.4, 0.5) is 19.6 Å². The number of hydrogen-bond donors (Lipinski definition) is 1. The minimum atomic E-state index is -0.355. The second kappa shape index (κ2) is 10.7. The van der Waals surface area contributed by atoms with Crippen molar-refractivity contribution in [2.45, 2.75) is 12.8 Å². The Morgan fingerprint density at radius 3 is 2.40 bits per heavy atom. The number of halogens is 2. The van der Waals surface area contributed by atoms with E-state index in [0.717, 1.165) is 5.56 Å². The van der Waals surface area contributed by atoms with Crippen LogP contribution >= 0.6 is 11.5 Å². The van der Waals surface area contributed by atoms with Crippen LogP contribution in [-0.4, -0.2) is 42.1 Å². The molecule has 3 rings (SSSR count). The van der Waals surface area contributed by atoms with Crippen molar-refractivity contribution in [2.75, 3.05) is 37.0 Å². The minimum Gasteiger partial charge on any atom is -0.383 e. The van der Waals surface area contributed by atoms with E-state index in [1.165, 1.54) is 47.9 Å². The maximum atomic E-state index is 13.1. The van der Waals surface area contributed by atoms with Gasteiger partial charge in [-0.05, 0) is 42.0 Å². The van der Waals surface area contributed by atoms with Crippen molar-refractivity contribution in [3.63, 3.8) is 0 Å². The summed E-state index contributed by atoms with van der Waals surface area (Å²) in [5.41, 5.74) is 1.46. The Balaban J connectivity index is 1.59. The molecule has 0 aliphatic rings. The van der Waals surface area contributed by atoms with E-state index in [-0.39, 0.29) is 24.0 Å². The second-order valence-corrected chi connectivity index (χ2v) is 7.31. The molecule has 2 aromatic carbocycles. The van der Waals surface area contributed by atoms with Crippen LogP contribution in [-0.2, 0) is 16.0 Å². The molecule has 6 nitrogen and oxygen atoms in total. The number of carbonyl (C=O) groups is 1. The zero-order valence-electron chi connectivity index (χ0n) is 16.5. The molecule has 9 heteroatoms. The molecular weight excluding hydrogens is 410 g/mol. The highest BCUT2D eigenvalue weighted by Gasteiger charge is 2.15. The molecule has 0 fully saturated rings. The summed E-state index contributed by atoms with van der Waals surface area (Å²) < 4.78 is 35.6. The number of methoxy groups -OCH3 is 1. The Kier molecular flexibility index (Phi) is 7.81. The molecular formula is C21H22F2N4O2S. The molecule has 3 aromatic rings. The van der Waals surface area contributed by atoms with Gasteiger partial charge in [0.15, 0.2) is 0 Å². The number of aromatic nitrogens is 2. The Labute approximate surface area is 177 Å². The van der Waals surface area contributed by atoms with Crippen LogP contribution in [0, 0.1) is 11.6 Å². The lowest BCUT2D eigenvalue weighted by molar-refractivity contribution is -0.116. The lowest BCUT2D eigenvalue weighted by Gasteiger charge is -2.20. The summed E-state index contributed by atoms with van der Waals surface area (Å²) in [6, 6.07) is 11.9. The molecule has 1 amide bonds. The normalized spacial score (nSPS) is 10.8. The second-order valence-electron chi connectivity index (χ2n) is 6.58. The number of anilines is 2. The van der Waals surface area contributed by atoms with Gasteiger partial charge >= 0.3 is 0 Å². The predicted octanol–water partition coefficient (Wildman–Crippen LogP) is 3.89. The van der Waals surface area contributed by atoms with Gasteiger partial charge in [-0.3, -0.25) is 4.79 Å². The largest absolute Gasteiger partial charge is 0.383 e. The van der Waals surface area contributed by atoms with Gasteiger partial charge < -0.3 is 15.0 Å². The third-order valence-electron chi connectivity index (χ3n) is 4.31. The summed E-state index contributed by atoms with van der Waals surface area (Å²) in [6.45, 7) is 1.47. The van der Waals surface area contributed by atoms with Crippen LogP contribution in [0.3, 0.4) is 0 Å². The van der Waals surface area contributed by atoms with Crippen molar-refractivity contribution in [3.05, 3.63) is 71.6 Å². The number of amides is 1. The van der Waals surface area contributed by atoms with Gasteiger partial charge in [-0.25, -0.2) is 13.8 Å². The molecule has 0 bridgehead atoms. The van der Waals surface area contributed by atoms with Crippen LogP contribution in [0.25, 0.3) is 0 Å². The van der Waals surface area contributed by atoms with Crippen molar-refractivity contribution in [1.82, 2.24) is 9.36 Å². The molecule has 30 heavy (non-hydrogen) atoms. The van der Waals surface area contributed by atoms with Crippen LogP contribution in [0.5, 0.6) is 0 Å². The van der Waals surface area contributed by atoms with Crippen molar-refractivity contribution < 1.29 is 18.3 Å². The van der Waals surface area contributed by atoms with E-state index >= 15 is 0 Å². The fourth-order valence-electron chi connectivity index (χ4n) is 2.73. The first-order chi connectivity index (χ1) is 14.5. The standard InChI is InChI=1S/C21H22F2N4O2S/c1-29-13-12-27(11-10-20(28)24-18-8-6-17(23)7-9-18)21-25-19(26-30-21)14-15-2-4-16(22)5-3-15/h2-9H,10-14H2,1H3,(H,24,28). The molecule has 0 saturated heterocycles. The fraction of sp³-hybridized carbons (Fsp3) is 0.286. The molecule has 0 spiro atoms. The number of ether oxygens (including phenoxy) is 1. The van der Waals surface area contributed by atoms with Crippen LogP contribution in [0.1, 0.15) is 17.8 Å². The van der Waals surface area contributed by atoms with E-state index in [1.807, 2.05) is 4.90 Å². The van der Waals surface area contributed by atoms with Gasteiger partial charge in [0.25, 0.3) is 0 Å². The maximum absolute atomic E-state index is 13.1. The third-order valence-corrected chi connectivity index (χ3v) is 5.12. The van der Waals surface area contributed by atoms with Gasteiger partial charge in [-0.1, -0.05) is 12.1 Å². The van der Waals surface area contributed by atoms with Crippen molar-refractivity contribution in [2.24, 2.45) is 0 Å². The highest BCUT2D eigenvalue weighted by Crippen LogP contribution is 2.20. The van der Waals surface area contributed by atoms with Crippen molar-refractivity contribution in [3.8, 4) is 0 Å². The van der Waals surface area contributed by atoms with Crippen LogP contribution in [0.2, 0.25) is 0 Å². The maximum Gasteiger partial charge on any atom is 0.226 e. The summed E-state index contributed by atoms with van der Waals surface area (Å²) in [6.07, 6.45) is 0.730. The Bertz CT molecular complexity index is 948. The average Bonchev–Trinajstić information content (AvgIpc) is 3.20. The van der Waals surface area contributed by atoms with E-state index < -0.39 is 0 Å². The molecule has 1 heterocycles. The molecule has 0 radical (unpaired) electrons. The number of nitrogens with one attached hydrogen (secondary N) is 1. The van der Waals surface area contributed by atoms with Gasteiger partial charge in [0.1, 0.15) is 17.5 Å². The summed E-state index contributed by atoms with van der Waals surface area (Å²) >= 11 is 1.25. The first-order valence-electron chi connectivity index (χ1n) is 9.40. The third kappa shape index (κ3) is 6.57. The number of nitrogens with zero attached hydrogens (tertiary/aromatic N) is 3. The van der Waals surface area contributed by atoms with E-state index in [4.69, 9.17) is 4.74 Å². The van der Waals surface area contributed by atoms with E-state index in [1.54, 1.807) is 19.2 Å². The predicted molar refractivity (Wildman–Crippen MR) is 113 cm³/mol. The number of hydrogen-bond acceptors (Lipinski definition) is 6. The Morgan fingerprint density at radius 2 is 1.73 bits per heavy atom. The smallest absolute Gasteiger partial charge is 0.226 e. The summed E-state index contributed by atoms with van der Waals surface area (Å²) in [7, 11) is 1.61. The Hall–Kier alpha value is -2.91. The zero-order valence-corrected chi connectivity index (χ0v) is 17.3. The zero-order chi connectivity index (χ0) is 21.3. The monoisotopic (exact) mass is 432 g/mol. The molecule has 0 aliphatic heterocycles. The SMILES string of the molecule is COCCN(CCC(=O)Nc1ccc(F)cc1)c1nc(Cc2ccc(F)cc2)ns1. The minimum absolute atomic E-state index is 0.180. The highest BCUT2D eigenvalue weighted by molar-refractivity contribution is 7.09. The average molecular weight is 432 g/mol. The van der Waals surface area contributed by atoms with Gasteiger partial charge in [0, 0.05) is 50.3 Å². The van der Waals surface area contributed by atoms with Gasteiger partial charge in [0.2, 0.25) is 11.0 Å². The molecule has 0 aliphatic carbocycles.